The van der Waals surface area contributed by atoms with Crippen molar-refractivity contribution in [2.75, 3.05) is 11.4 Å². The maximum atomic E-state index is 12.5. The molecular weight excluding hydrogens is 345 g/mol. The summed E-state index contributed by atoms with van der Waals surface area (Å²) >= 11 is 12.0. The molecule has 0 radical (unpaired) electrons. The van der Waals surface area contributed by atoms with Crippen LogP contribution in [0.1, 0.15) is 28.4 Å². The van der Waals surface area contributed by atoms with Gasteiger partial charge >= 0.3 is 0 Å². The number of carbonyl (C=O) groups is 2. The Morgan fingerprint density at radius 2 is 1.92 bits per heavy atom. The first-order chi connectivity index (χ1) is 11.5. The largest absolute Gasteiger partial charge is 0.308 e. The van der Waals surface area contributed by atoms with Gasteiger partial charge in [-0.25, -0.2) is 0 Å². The first-order valence-corrected chi connectivity index (χ1v) is 8.30. The number of ketones is 1. The molecule has 1 heterocycles. The average molecular weight is 360 g/mol. The van der Waals surface area contributed by atoms with Gasteiger partial charge < -0.3 is 4.90 Å². The Morgan fingerprint density at radius 1 is 1.12 bits per heavy atom. The van der Waals surface area contributed by atoms with E-state index in [2.05, 4.69) is 0 Å². The van der Waals surface area contributed by atoms with E-state index >= 15 is 0 Å². The quantitative estimate of drug-likeness (QED) is 0.583. The first-order valence-electron chi connectivity index (χ1n) is 7.54. The molecule has 0 saturated heterocycles. The highest BCUT2D eigenvalue weighted by Crippen LogP contribution is 2.29. The fourth-order valence-electron chi connectivity index (χ4n) is 2.74. The van der Waals surface area contributed by atoms with E-state index in [1.807, 2.05) is 12.1 Å². The van der Waals surface area contributed by atoms with Gasteiger partial charge in [0.1, 0.15) is 0 Å². The Kier molecular flexibility index (Phi) is 4.74. The van der Waals surface area contributed by atoms with E-state index in [-0.39, 0.29) is 11.7 Å². The molecule has 1 aliphatic rings. The zero-order valence-corrected chi connectivity index (χ0v) is 14.6. The number of nitrogens with zero attached hydrogens (tertiary/aromatic N) is 1. The molecule has 0 aliphatic carbocycles. The zero-order chi connectivity index (χ0) is 17.3. The van der Waals surface area contributed by atoms with E-state index in [4.69, 9.17) is 23.2 Å². The number of rotatable bonds is 3. The van der Waals surface area contributed by atoms with Gasteiger partial charge in [-0.05, 0) is 60.9 Å². The molecule has 0 N–H and O–H groups in total. The Morgan fingerprint density at radius 3 is 2.62 bits per heavy atom. The van der Waals surface area contributed by atoms with Crippen LogP contribution in [0, 0.1) is 0 Å². The van der Waals surface area contributed by atoms with Gasteiger partial charge in [-0.3, -0.25) is 9.59 Å². The molecule has 0 unspecified atom stereocenters. The molecule has 0 fully saturated rings. The maximum Gasteiger partial charge on any atom is 0.251 e. The number of anilines is 1. The summed E-state index contributed by atoms with van der Waals surface area (Å²) in [6.45, 7) is 2.15. The summed E-state index contributed by atoms with van der Waals surface area (Å²) in [5.41, 5.74) is 3.29. The predicted octanol–water partition coefficient (Wildman–Crippen LogP) is 4.80. The third-order valence-corrected chi connectivity index (χ3v) is 4.58. The zero-order valence-electron chi connectivity index (χ0n) is 13.1. The van der Waals surface area contributed by atoms with Gasteiger partial charge in [-0.2, -0.15) is 0 Å². The summed E-state index contributed by atoms with van der Waals surface area (Å²) in [7, 11) is 0. The molecule has 0 spiro atoms. The van der Waals surface area contributed by atoms with Crippen LogP contribution < -0.4 is 4.90 Å². The summed E-state index contributed by atoms with van der Waals surface area (Å²) in [6.07, 6.45) is 3.93. The minimum atomic E-state index is -0.115. The van der Waals surface area contributed by atoms with Crippen molar-refractivity contribution in [3.05, 3.63) is 69.2 Å². The van der Waals surface area contributed by atoms with Crippen molar-refractivity contribution in [2.24, 2.45) is 0 Å². The highest BCUT2D eigenvalue weighted by molar-refractivity contribution is 6.35. The van der Waals surface area contributed by atoms with Crippen molar-refractivity contribution < 1.29 is 9.59 Å². The average Bonchev–Trinajstić information content (AvgIpc) is 2.96. The molecule has 0 aromatic heterocycles. The Hall–Kier alpha value is -2.10. The molecule has 0 saturated carbocycles. The van der Waals surface area contributed by atoms with E-state index in [9.17, 15) is 9.59 Å². The molecular formula is C19H15Cl2NO2. The van der Waals surface area contributed by atoms with Crippen molar-refractivity contribution in [3.63, 3.8) is 0 Å². The minimum absolute atomic E-state index is 0.0276. The molecule has 3 rings (SSSR count). The van der Waals surface area contributed by atoms with Crippen LogP contribution in [0.25, 0.3) is 6.08 Å². The van der Waals surface area contributed by atoms with E-state index in [0.29, 0.717) is 22.2 Å². The fourth-order valence-corrected chi connectivity index (χ4v) is 3.21. The van der Waals surface area contributed by atoms with Gasteiger partial charge in [-0.15, -0.1) is 0 Å². The van der Waals surface area contributed by atoms with Gasteiger partial charge in [0.2, 0.25) is 0 Å². The number of benzene rings is 2. The third kappa shape index (κ3) is 3.37. The van der Waals surface area contributed by atoms with Crippen molar-refractivity contribution in [1.82, 2.24) is 0 Å². The second-order valence-corrected chi connectivity index (χ2v) is 6.48. The molecule has 1 aliphatic heterocycles. The molecule has 122 valence electrons. The van der Waals surface area contributed by atoms with E-state index in [1.54, 1.807) is 35.2 Å². The second-order valence-electron chi connectivity index (χ2n) is 5.64. The number of Topliss-reactive ketones (excluding diaryl/α,β-unsaturated/α-hetero) is 1. The highest BCUT2D eigenvalue weighted by Gasteiger charge is 2.23. The van der Waals surface area contributed by atoms with E-state index < -0.39 is 0 Å². The lowest BCUT2D eigenvalue weighted by Gasteiger charge is -2.15. The molecule has 2 aromatic carbocycles. The molecule has 0 atom stereocenters. The summed E-state index contributed by atoms with van der Waals surface area (Å²) < 4.78 is 0. The summed E-state index contributed by atoms with van der Waals surface area (Å²) in [5, 5.41) is 1.05. The van der Waals surface area contributed by atoms with Crippen LogP contribution in [0.15, 0.2) is 42.5 Å². The monoisotopic (exact) mass is 359 g/mol. The first kappa shape index (κ1) is 16.7. The molecule has 5 heteroatoms. The van der Waals surface area contributed by atoms with Gasteiger partial charge in [-0.1, -0.05) is 29.3 Å². The maximum absolute atomic E-state index is 12.5. The molecule has 24 heavy (non-hydrogen) atoms. The van der Waals surface area contributed by atoms with Gasteiger partial charge in [0.25, 0.3) is 5.91 Å². The van der Waals surface area contributed by atoms with Gasteiger partial charge in [0, 0.05) is 33.9 Å². The number of fused-ring (bicyclic) bond motifs is 1. The van der Waals surface area contributed by atoms with Crippen molar-refractivity contribution in [3.8, 4) is 0 Å². The topological polar surface area (TPSA) is 37.4 Å². The van der Waals surface area contributed by atoms with Crippen LogP contribution in [-0.4, -0.2) is 18.2 Å². The van der Waals surface area contributed by atoms with Crippen molar-refractivity contribution in [1.29, 1.82) is 0 Å². The second kappa shape index (κ2) is 6.80. The Balaban J connectivity index is 1.80. The van der Waals surface area contributed by atoms with E-state index in [0.717, 1.165) is 23.2 Å². The predicted molar refractivity (Wildman–Crippen MR) is 98.0 cm³/mol. The number of hydrogen-bond donors (Lipinski definition) is 0. The van der Waals surface area contributed by atoms with Crippen molar-refractivity contribution >= 4 is 46.7 Å². The Labute approximate surface area is 150 Å². The lowest BCUT2D eigenvalue weighted by molar-refractivity contribution is -0.114. The minimum Gasteiger partial charge on any atom is -0.308 e. The van der Waals surface area contributed by atoms with Crippen LogP contribution in [0.5, 0.6) is 0 Å². The Bertz CT molecular complexity index is 858. The smallest absolute Gasteiger partial charge is 0.251 e. The van der Waals surface area contributed by atoms with Crippen molar-refractivity contribution in [2.45, 2.75) is 13.3 Å². The van der Waals surface area contributed by atoms with Crippen LogP contribution in [0.2, 0.25) is 10.0 Å². The molecule has 2 aromatic rings. The summed E-state index contributed by atoms with van der Waals surface area (Å²) in [6, 6.07) is 10.6. The fraction of sp³-hybridized carbons (Fsp3) is 0.158. The highest BCUT2D eigenvalue weighted by atomic mass is 35.5. The van der Waals surface area contributed by atoms with Crippen LogP contribution in [-0.2, 0) is 11.2 Å². The normalized spacial score (nSPS) is 13.4. The van der Waals surface area contributed by atoms with Gasteiger partial charge in [0.15, 0.2) is 5.78 Å². The third-order valence-electron chi connectivity index (χ3n) is 4.02. The van der Waals surface area contributed by atoms with Crippen LogP contribution in [0.4, 0.5) is 5.69 Å². The molecule has 0 bridgehead atoms. The van der Waals surface area contributed by atoms with E-state index in [1.165, 1.54) is 13.0 Å². The lowest BCUT2D eigenvalue weighted by Crippen LogP contribution is -2.26. The number of halogens is 2. The lowest BCUT2D eigenvalue weighted by atomic mass is 10.1. The summed E-state index contributed by atoms with van der Waals surface area (Å²) in [5.74, 6) is -0.0878. The molecule has 1 amide bonds. The standard InChI is InChI=1S/C19H15Cl2NO2/c1-12(23)14-3-6-18-15(10-14)8-9-22(18)19(24)7-4-13-2-5-16(20)11-17(13)21/h2-7,10-11H,8-9H2,1H3/b7-4+. The molecule has 3 nitrogen and oxygen atoms in total. The van der Waals surface area contributed by atoms with Crippen LogP contribution in [0.3, 0.4) is 0 Å². The summed E-state index contributed by atoms with van der Waals surface area (Å²) in [4.78, 5) is 25.7. The van der Waals surface area contributed by atoms with Gasteiger partial charge in [0.05, 0.1) is 0 Å². The number of amides is 1. The number of carbonyl (C=O) groups excluding carboxylic acids is 2. The SMILES string of the molecule is CC(=O)c1ccc2c(c1)CCN2C(=O)/C=C/c1ccc(Cl)cc1Cl. The van der Waals surface area contributed by atoms with Crippen LogP contribution >= 0.6 is 23.2 Å². The number of hydrogen-bond acceptors (Lipinski definition) is 2.